The Hall–Kier alpha value is -2.17. The van der Waals surface area contributed by atoms with Crippen LogP contribution in [0.4, 0.5) is 8.78 Å². The maximum Gasteiger partial charge on any atom is 0.129 e. The van der Waals surface area contributed by atoms with Gasteiger partial charge in [0.15, 0.2) is 0 Å². The first kappa shape index (κ1) is 22.6. The van der Waals surface area contributed by atoms with E-state index >= 15 is 0 Å². The first-order valence-corrected chi connectivity index (χ1v) is 12.1. The molecule has 0 amide bonds. The molecule has 0 radical (unpaired) electrons. The van der Waals surface area contributed by atoms with Crippen molar-refractivity contribution < 1.29 is 22.5 Å². The molecule has 4 unspecified atom stereocenters. The lowest BCUT2D eigenvalue weighted by molar-refractivity contribution is -0.0467. The van der Waals surface area contributed by atoms with Gasteiger partial charge in [0.1, 0.15) is 34.5 Å². The molecule has 3 aliphatic rings. The van der Waals surface area contributed by atoms with Gasteiger partial charge < -0.3 is 15.2 Å². The minimum Gasteiger partial charge on any atom is -0.497 e. The molecule has 1 saturated heterocycles. The van der Waals surface area contributed by atoms with Gasteiger partial charge in [0.05, 0.1) is 18.6 Å². The van der Waals surface area contributed by atoms with E-state index in [0.717, 1.165) is 35.9 Å². The van der Waals surface area contributed by atoms with Crippen LogP contribution in [0.3, 0.4) is 0 Å². The Balaban J connectivity index is 1.17. The molecule has 3 aliphatic heterocycles. The van der Waals surface area contributed by atoms with Crippen molar-refractivity contribution >= 4 is 11.0 Å². The number of hydrogen-bond acceptors (Lipinski definition) is 5. The molecule has 2 aromatic carbocycles. The highest BCUT2D eigenvalue weighted by Crippen LogP contribution is 2.35. The van der Waals surface area contributed by atoms with Gasteiger partial charge in [0.2, 0.25) is 0 Å². The maximum absolute atomic E-state index is 14.2. The lowest BCUT2D eigenvalue weighted by Gasteiger charge is -2.39. The van der Waals surface area contributed by atoms with Gasteiger partial charge in [-0.1, -0.05) is 0 Å². The van der Waals surface area contributed by atoms with E-state index in [1.165, 1.54) is 17.2 Å². The third-order valence-corrected chi connectivity index (χ3v) is 8.10. The zero-order chi connectivity index (χ0) is 23.1. The minimum atomic E-state index is -1.22. The molecule has 33 heavy (non-hydrogen) atoms. The highest BCUT2D eigenvalue weighted by molar-refractivity contribution is 7.82. The van der Waals surface area contributed by atoms with Gasteiger partial charge in [-0.15, -0.1) is 0 Å². The molecule has 4 atom stereocenters. The van der Waals surface area contributed by atoms with E-state index in [9.17, 15) is 13.0 Å². The lowest BCUT2D eigenvalue weighted by atomic mass is 9.93. The van der Waals surface area contributed by atoms with Crippen LogP contribution in [-0.4, -0.2) is 65.4 Å². The number of halogens is 2. The van der Waals surface area contributed by atoms with E-state index < -0.39 is 34.8 Å². The van der Waals surface area contributed by atoms with E-state index in [0.29, 0.717) is 26.1 Å². The van der Waals surface area contributed by atoms with Crippen molar-refractivity contribution in [2.75, 3.05) is 39.9 Å². The maximum atomic E-state index is 14.2. The predicted molar refractivity (Wildman–Crippen MR) is 121 cm³/mol. The Morgan fingerprint density at radius 1 is 1.06 bits per heavy atom. The molecule has 6 nitrogen and oxygen atoms in total. The van der Waals surface area contributed by atoms with Crippen LogP contribution >= 0.6 is 0 Å². The Bertz CT molecular complexity index is 1080. The molecule has 0 bridgehead atoms. The summed E-state index contributed by atoms with van der Waals surface area (Å²) in [4.78, 5) is 3.09. The minimum absolute atomic E-state index is 0.110. The van der Waals surface area contributed by atoms with Crippen molar-refractivity contribution in [3.63, 3.8) is 0 Å². The number of ether oxygens (including phenoxy) is 2. The molecule has 1 fully saturated rings. The van der Waals surface area contributed by atoms with E-state index in [4.69, 9.17) is 15.2 Å². The summed E-state index contributed by atoms with van der Waals surface area (Å²) in [7, 11) is 0.385. The average molecular weight is 476 g/mol. The monoisotopic (exact) mass is 475 g/mol. The summed E-state index contributed by atoms with van der Waals surface area (Å²) in [6, 6.07) is 10.4. The molecule has 3 heterocycles. The second kappa shape index (κ2) is 9.23. The quantitative estimate of drug-likeness (QED) is 0.674. The Kier molecular flexibility index (Phi) is 6.32. The molecule has 176 valence electrons. The summed E-state index contributed by atoms with van der Waals surface area (Å²) in [6.07, 6.45) is -0.00960. The lowest BCUT2D eigenvalue weighted by Crippen LogP contribution is -2.49. The van der Waals surface area contributed by atoms with Crippen LogP contribution in [0.25, 0.3) is 0 Å². The Morgan fingerprint density at radius 2 is 1.76 bits per heavy atom. The Morgan fingerprint density at radius 3 is 2.39 bits per heavy atom. The molecule has 5 rings (SSSR count). The summed E-state index contributed by atoms with van der Waals surface area (Å²) < 4.78 is 53.9. The smallest absolute Gasteiger partial charge is 0.129 e. The average Bonchev–Trinajstić information content (AvgIpc) is 3.40. The van der Waals surface area contributed by atoms with Gasteiger partial charge in [-0.2, -0.15) is 0 Å². The van der Waals surface area contributed by atoms with Crippen molar-refractivity contribution in [2.24, 2.45) is 5.73 Å². The summed E-state index contributed by atoms with van der Waals surface area (Å²) >= 11 is 0. The Labute approximate surface area is 194 Å². The molecule has 9 heteroatoms. The van der Waals surface area contributed by atoms with Crippen LogP contribution in [0.1, 0.15) is 18.1 Å². The molecular weight excluding hydrogens is 448 g/mol. The van der Waals surface area contributed by atoms with Gasteiger partial charge in [0, 0.05) is 43.8 Å². The second-order valence-corrected chi connectivity index (χ2v) is 10.3. The van der Waals surface area contributed by atoms with Crippen LogP contribution in [-0.2, 0) is 15.7 Å². The van der Waals surface area contributed by atoms with Crippen LogP contribution in [0.15, 0.2) is 58.5 Å². The normalized spacial score (nSPS) is 27.1. The van der Waals surface area contributed by atoms with E-state index in [1.54, 1.807) is 7.11 Å². The first-order valence-electron chi connectivity index (χ1n) is 11.0. The second-order valence-electron chi connectivity index (χ2n) is 8.81. The van der Waals surface area contributed by atoms with Crippen LogP contribution in [0, 0.1) is 11.6 Å². The molecular formula is C24H27F2N3O3S. The summed E-state index contributed by atoms with van der Waals surface area (Å²) in [5.74, 6) is -0.258. The highest BCUT2D eigenvalue weighted by atomic mass is 32.2. The molecule has 2 N–H and O–H groups in total. The van der Waals surface area contributed by atoms with Crippen molar-refractivity contribution in [2.45, 2.75) is 29.5 Å². The fourth-order valence-corrected chi connectivity index (χ4v) is 6.16. The summed E-state index contributed by atoms with van der Waals surface area (Å²) in [6.45, 7) is 3.32. The topological polar surface area (TPSA) is 68.0 Å². The number of benzene rings is 2. The first-order chi connectivity index (χ1) is 15.9. The number of nitrogens with zero attached hydrogens (tertiary/aromatic N) is 2. The zero-order valence-corrected chi connectivity index (χ0v) is 19.2. The molecule has 2 aromatic rings. The largest absolute Gasteiger partial charge is 0.497 e. The van der Waals surface area contributed by atoms with Crippen molar-refractivity contribution in [3.8, 4) is 5.75 Å². The number of nitrogens with two attached hydrogens (primary N) is 1. The molecule has 0 spiro atoms. The molecule has 0 saturated carbocycles. The van der Waals surface area contributed by atoms with E-state index in [-0.39, 0.29) is 11.6 Å². The number of methoxy groups -OCH3 is 1. The fraction of sp³-hybridized carbons (Fsp3) is 0.417. The van der Waals surface area contributed by atoms with Gasteiger partial charge in [-0.3, -0.25) is 4.90 Å². The highest BCUT2D eigenvalue weighted by Gasteiger charge is 2.39. The third-order valence-electron chi connectivity index (χ3n) is 6.70. The number of hydrogen-bond donors (Lipinski definition) is 1. The van der Waals surface area contributed by atoms with E-state index in [1.807, 2.05) is 28.6 Å². The van der Waals surface area contributed by atoms with Crippen molar-refractivity contribution in [1.82, 2.24) is 9.21 Å². The van der Waals surface area contributed by atoms with Crippen molar-refractivity contribution in [1.29, 1.82) is 0 Å². The predicted octanol–water partition coefficient (Wildman–Crippen LogP) is 2.78. The van der Waals surface area contributed by atoms with E-state index in [2.05, 4.69) is 4.90 Å². The van der Waals surface area contributed by atoms with Crippen LogP contribution in [0.2, 0.25) is 0 Å². The van der Waals surface area contributed by atoms with Crippen LogP contribution in [0.5, 0.6) is 5.75 Å². The molecule has 0 aromatic heterocycles. The SMILES string of the molecule is COc1ccc(S(=O)N2CC3=C(CN(C4COC(c5cc(F)ccc5F)C(N)C4)C3)C2)cc1. The van der Waals surface area contributed by atoms with Crippen LogP contribution < -0.4 is 10.5 Å². The number of rotatable bonds is 5. The standard InChI is InChI=1S/C24H27F2N3O3S/c1-31-19-3-5-20(6-4-19)33(30)29-12-15-10-28(11-16(15)13-29)18-9-23(27)24(32-14-18)21-8-17(25)2-7-22(21)26/h2-8,18,23-24H,9-14,27H2,1H3. The van der Waals surface area contributed by atoms with Gasteiger partial charge >= 0.3 is 0 Å². The summed E-state index contributed by atoms with van der Waals surface area (Å²) in [5.41, 5.74) is 9.11. The fourth-order valence-electron chi connectivity index (χ4n) is 4.94. The summed E-state index contributed by atoms with van der Waals surface area (Å²) in [5, 5.41) is 0. The van der Waals surface area contributed by atoms with Crippen molar-refractivity contribution in [3.05, 3.63) is 70.8 Å². The van der Waals surface area contributed by atoms with Gasteiger partial charge in [-0.05, 0) is 60.0 Å². The van der Waals surface area contributed by atoms with Gasteiger partial charge in [0.25, 0.3) is 0 Å². The molecule has 0 aliphatic carbocycles. The zero-order valence-electron chi connectivity index (χ0n) is 18.4. The third kappa shape index (κ3) is 4.48. The van der Waals surface area contributed by atoms with Gasteiger partial charge in [-0.25, -0.2) is 17.3 Å².